The second-order valence-corrected chi connectivity index (χ2v) is 6.92. The average molecular weight is 294 g/mol. The summed E-state index contributed by atoms with van der Waals surface area (Å²) in [5.74, 6) is 1.15. The highest BCUT2D eigenvalue weighted by Crippen LogP contribution is 2.52. The molecule has 2 heterocycles. The lowest BCUT2D eigenvalue weighted by atomic mass is 9.73. The Morgan fingerprint density at radius 3 is 2.64 bits per heavy atom. The minimum atomic E-state index is 0.378. The van der Waals surface area contributed by atoms with Crippen LogP contribution in [-0.4, -0.2) is 6.61 Å². The molecule has 1 aliphatic carbocycles. The lowest BCUT2D eigenvalue weighted by Gasteiger charge is -2.36. The fourth-order valence-electron chi connectivity index (χ4n) is 4.40. The molecule has 2 nitrogen and oxygen atoms in total. The Balaban J connectivity index is 1.95. The monoisotopic (exact) mass is 294 g/mol. The molecule has 1 saturated carbocycles. The van der Waals surface area contributed by atoms with Crippen molar-refractivity contribution in [3.63, 3.8) is 0 Å². The topological polar surface area (TPSA) is 13.1 Å². The van der Waals surface area contributed by atoms with Gasteiger partial charge in [0.1, 0.15) is 12.8 Å². The van der Waals surface area contributed by atoms with Crippen molar-refractivity contribution in [2.24, 2.45) is 7.05 Å². The zero-order valence-corrected chi connectivity index (χ0v) is 13.6. The van der Waals surface area contributed by atoms with Gasteiger partial charge >= 0.3 is 0 Å². The summed E-state index contributed by atoms with van der Waals surface area (Å²) in [6, 6.07) is 11.0. The van der Waals surface area contributed by atoms with E-state index in [-0.39, 0.29) is 0 Å². The molecule has 2 aromatic rings. The molecule has 1 fully saturated rings. The van der Waals surface area contributed by atoms with Crippen LogP contribution in [0.4, 0.5) is 0 Å². The first-order chi connectivity index (χ1) is 10.7. The van der Waals surface area contributed by atoms with Gasteiger partial charge < -0.3 is 4.74 Å². The van der Waals surface area contributed by atoms with Gasteiger partial charge in [-0.15, -0.1) is 0 Å². The van der Waals surface area contributed by atoms with Crippen molar-refractivity contribution < 1.29 is 9.30 Å². The second kappa shape index (κ2) is 5.12. The van der Waals surface area contributed by atoms with E-state index in [2.05, 4.69) is 55.1 Å². The molecule has 0 amide bonds. The summed E-state index contributed by atoms with van der Waals surface area (Å²) in [4.78, 5) is 0. The van der Waals surface area contributed by atoms with Crippen LogP contribution in [0.2, 0.25) is 0 Å². The molecule has 0 bridgehead atoms. The van der Waals surface area contributed by atoms with E-state index in [9.17, 15) is 0 Å². The summed E-state index contributed by atoms with van der Waals surface area (Å²) < 4.78 is 8.41. The first-order valence-electron chi connectivity index (χ1n) is 8.43. The van der Waals surface area contributed by atoms with Crippen molar-refractivity contribution in [3.05, 3.63) is 47.7 Å². The van der Waals surface area contributed by atoms with E-state index in [1.807, 2.05) is 0 Å². The first-order valence-corrected chi connectivity index (χ1v) is 8.43. The van der Waals surface area contributed by atoms with Gasteiger partial charge in [0.2, 0.25) is 5.69 Å². The van der Waals surface area contributed by atoms with Crippen LogP contribution in [0.25, 0.3) is 11.3 Å². The molecule has 0 atom stereocenters. The third-order valence-electron chi connectivity index (χ3n) is 5.64. The van der Waals surface area contributed by atoms with E-state index < -0.39 is 0 Å². The highest BCUT2D eigenvalue weighted by Gasteiger charge is 2.41. The zero-order valence-electron chi connectivity index (χ0n) is 13.6. The highest BCUT2D eigenvalue weighted by atomic mass is 16.5. The lowest BCUT2D eigenvalue weighted by Crippen LogP contribution is -2.33. The largest absolute Gasteiger partial charge is 0.492 e. The number of hydrogen-bond donors (Lipinski definition) is 0. The Hall–Kier alpha value is -1.83. The van der Waals surface area contributed by atoms with Crippen molar-refractivity contribution in [2.75, 3.05) is 6.61 Å². The van der Waals surface area contributed by atoms with Crippen LogP contribution in [0.1, 0.15) is 43.2 Å². The molecule has 0 saturated heterocycles. The molecule has 114 valence electrons. The van der Waals surface area contributed by atoms with Gasteiger partial charge in [0, 0.05) is 23.1 Å². The molecule has 22 heavy (non-hydrogen) atoms. The summed E-state index contributed by atoms with van der Waals surface area (Å²) in [5, 5.41) is 0. The Labute approximate surface area is 132 Å². The fraction of sp³-hybridized carbons (Fsp3) is 0.450. The van der Waals surface area contributed by atoms with Gasteiger partial charge in [0.25, 0.3) is 0 Å². The maximum absolute atomic E-state index is 6.22. The van der Waals surface area contributed by atoms with Gasteiger partial charge in [-0.25, -0.2) is 4.57 Å². The average Bonchev–Trinajstić information content (AvgIpc) is 2.98. The lowest BCUT2D eigenvalue weighted by molar-refractivity contribution is -0.660. The zero-order chi connectivity index (χ0) is 15.2. The van der Waals surface area contributed by atoms with E-state index in [1.165, 1.54) is 54.5 Å². The SMILES string of the molecule is Cc1ccc2c(c1-c1cccc[n+]1C)OCCC21CCCC1. The fourth-order valence-corrected chi connectivity index (χ4v) is 4.40. The summed E-state index contributed by atoms with van der Waals surface area (Å²) in [5.41, 5.74) is 5.67. The molecular weight excluding hydrogens is 270 g/mol. The number of hydrogen-bond acceptors (Lipinski definition) is 1. The van der Waals surface area contributed by atoms with Gasteiger partial charge in [-0.1, -0.05) is 25.0 Å². The van der Waals surface area contributed by atoms with Crippen molar-refractivity contribution in [3.8, 4) is 17.0 Å². The van der Waals surface area contributed by atoms with E-state index in [0.29, 0.717) is 5.41 Å². The smallest absolute Gasteiger partial charge is 0.216 e. The molecule has 2 aliphatic rings. The Morgan fingerprint density at radius 1 is 1.05 bits per heavy atom. The van der Waals surface area contributed by atoms with Gasteiger partial charge in [0.05, 0.1) is 12.2 Å². The number of aryl methyl sites for hydroxylation is 2. The Kier molecular flexibility index (Phi) is 3.21. The van der Waals surface area contributed by atoms with Crippen molar-refractivity contribution >= 4 is 0 Å². The normalized spacial score (nSPS) is 19.0. The highest BCUT2D eigenvalue weighted by molar-refractivity contribution is 5.72. The summed E-state index contributed by atoms with van der Waals surface area (Å²) in [6.07, 6.45) is 8.68. The third-order valence-corrected chi connectivity index (χ3v) is 5.64. The van der Waals surface area contributed by atoms with Crippen LogP contribution in [0.15, 0.2) is 36.5 Å². The summed E-state index contributed by atoms with van der Waals surface area (Å²) >= 11 is 0. The maximum Gasteiger partial charge on any atom is 0.216 e. The Bertz CT molecular complexity index is 714. The predicted octanol–water partition coefficient (Wildman–Crippen LogP) is 4.08. The van der Waals surface area contributed by atoms with Crippen LogP contribution in [-0.2, 0) is 12.5 Å². The number of ether oxygens (including phenoxy) is 1. The predicted molar refractivity (Wildman–Crippen MR) is 88.0 cm³/mol. The van der Waals surface area contributed by atoms with Gasteiger partial charge in [-0.3, -0.25) is 0 Å². The number of nitrogens with zero attached hydrogens (tertiary/aromatic N) is 1. The standard InChI is InChI=1S/C20H24NO/c1-15-8-9-16-19(18(15)17-7-3-6-13-21(17)2)22-14-12-20(16)10-4-5-11-20/h3,6-9,13H,4-5,10-12,14H2,1-2H3/q+1. The van der Waals surface area contributed by atoms with Crippen molar-refractivity contribution in [1.82, 2.24) is 0 Å². The van der Waals surface area contributed by atoms with Crippen LogP contribution < -0.4 is 9.30 Å². The quantitative estimate of drug-likeness (QED) is 0.722. The van der Waals surface area contributed by atoms with Gasteiger partial charge in [0.15, 0.2) is 6.20 Å². The molecule has 1 aromatic carbocycles. The molecule has 1 spiro atoms. The van der Waals surface area contributed by atoms with E-state index >= 15 is 0 Å². The summed E-state index contributed by atoms with van der Waals surface area (Å²) in [6.45, 7) is 3.06. The Morgan fingerprint density at radius 2 is 1.86 bits per heavy atom. The number of benzene rings is 1. The number of aromatic nitrogens is 1. The number of fused-ring (bicyclic) bond motifs is 2. The number of pyridine rings is 1. The van der Waals surface area contributed by atoms with Crippen molar-refractivity contribution in [1.29, 1.82) is 0 Å². The molecule has 1 aromatic heterocycles. The maximum atomic E-state index is 6.22. The van der Waals surface area contributed by atoms with E-state index in [0.717, 1.165) is 12.4 Å². The first kappa shape index (κ1) is 13.8. The van der Waals surface area contributed by atoms with Crippen molar-refractivity contribution in [2.45, 2.75) is 44.4 Å². The van der Waals surface area contributed by atoms with Crippen LogP contribution in [0.3, 0.4) is 0 Å². The molecule has 0 unspecified atom stereocenters. The third kappa shape index (κ3) is 1.97. The molecule has 0 N–H and O–H groups in total. The minimum Gasteiger partial charge on any atom is -0.492 e. The second-order valence-electron chi connectivity index (χ2n) is 6.92. The number of rotatable bonds is 1. The molecule has 2 heteroatoms. The van der Waals surface area contributed by atoms with Gasteiger partial charge in [-0.2, -0.15) is 0 Å². The molecule has 0 radical (unpaired) electrons. The van der Waals surface area contributed by atoms with E-state index in [1.54, 1.807) is 0 Å². The van der Waals surface area contributed by atoms with Crippen LogP contribution >= 0.6 is 0 Å². The minimum absolute atomic E-state index is 0.378. The van der Waals surface area contributed by atoms with E-state index in [4.69, 9.17) is 4.74 Å². The molecular formula is C20H24NO+. The van der Waals surface area contributed by atoms with Crippen LogP contribution in [0, 0.1) is 6.92 Å². The van der Waals surface area contributed by atoms with Crippen LogP contribution in [0.5, 0.6) is 5.75 Å². The molecule has 1 aliphatic heterocycles. The molecule has 4 rings (SSSR count). The summed E-state index contributed by atoms with van der Waals surface area (Å²) in [7, 11) is 2.11. The van der Waals surface area contributed by atoms with Gasteiger partial charge in [-0.05, 0) is 37.8 Å².